The molecule has 1 aliphatic heterocycles. The molecule has 1 saturated heterocycles. The average molecular weight is 350 g/mol. The van der Waals surface area contributed by atoms with Crippen LogP contribution < -0.4 is 5.32 Å². The van der Waals surface area contributed by atoms with Crippen LogP contribution in [0.2, 0.25) is 0 Å². The fraction of sp³-hybridized carbons (Fsp3) is 0.333. The van der Waals surface area contributed by atoms with E-state index in [2.05, 4.69) is 21.7 Å². The van der Waals surface area contributed by atoms with Crippen molar-refractivity contribution in [2.75, 3.05) is 18.4 Å². The number of aromatic nitrogens is 3. The molecule has 0 aliphatic carbocycles. The Labute approximate surface area is 150 Å². The number of anilines is 1. The summed E-state index contributed by atoms with van der Waals surface area (Å²) >= 11 is 0. The number of rotatable bonds is 3. The van der Waals surface area contributed by atoms with Crippen molar-refractivity contribution in [3.05, 3.63) is 36.0 Å². The number of hydrogen-bond acceptors (Lipinski definition) is 6. The SMILES string of the molecule is Cc1noc(C)c1-c1ccn2cc(NC(=O)C3CCN(C#N)C3)nc2c1. The van der Waals surface area contributed by atoms with Crippen LogP contribution in [0.4, 0.5) is 5.82 Å². The van der Waals surface area contributed by atoms with Crippen LogP contribution in [0.15, 0.2) is 29.0 Å². The van der Waals surface area contributed by atoms with Crippen LogP contribution in [0.25, 0.3) is 16.8 Å². The van der Waals surface area contributed by atoms with Gasteiger partial charge in [0.05, 0.1) is 17.8 Å². The average Bonchev–Trinajstić information content (AvgIpc) is 3.32. The molecule has 1 aliphatic rings. The standard InChI is InChI=1S/C18H18N6O2/c1-11-17(12(2)26-22-11)13-4-6-24-9-15(20-16(24)7-13)21-18(25)14-3-5-23(8-14)10-19/h4,6-7,9,14H,3,5,8H2,1-2H3,(H,21,25). The zero-order valence-corrected chi connectivity index (χ0v) is 14.6. The number of carbonyl (C=O) groups excluding carboxylic acids is 1. The van der Waals surface area contributed by atoms with Gasteiger partial charge in [-0.05, 0) is 38.0 Å². The van der Waals surface area contributed by atoms with Gasteiger partial charge in [-0.25, -0.2) is 4.98 Å². The van der Waals surface area contributed by atoms with Gasteiger partial charge in [-0.15, -0.1) is 0 Å². The van der Waals surface area contributed by atoms with E-state index >= 15 is 0 Å². The molecule has 1 atom stereocenters. The van der Waals surface area contributed by atoms with E-state index in [4.69, 9.17) is 9.78 Å². The van der Waals surface area contributed by atoms with Gasteiger partial charge in [0, 0.05) is 24.8 Å². The Morgan fingerprint density at radius 2 is 2.31 bits per heavy atom. The summed E-state index contributed by atoms with van der Waals surface area (Å²) in [7, 11) is 0. The number of likely N-dealkylation sites (tertiary alicyclic amines) is 1. The zero-order valence-electron chi connectivity index (χ0n) is 14.6. The van der Waals surface area contributed by atoms with Gasteiger partial charge in [0.2, 0.25) is 5.91 Å². The van der Waals surface area contributed by atoms with Gasteiger partial charge in [0.15, 0.2) is 12.0 Å². The maximum Gasteiger partial charge on any atom is 0.230 e. The van der Waals surface area contributed by atoms with Crippen molar-refractivity contribution < 1.29 is 9.32 Å². The lowest BCUT2D eigenvalue weighted by molar-refractivity contribution is -0.119. The molecule has 8 heteroatoms. The van der Waals surface area contributed by atoms with Crippen molar-refractivity contribution in [3.8, 4) is 17.3 Å². The fourth-order valence-corrected chi connectivity index (χ4v) is 3.39. The highest BCUT2D eigenvalue weighted by Gasteiger charge is 2.28. The van der Waals surface area contributed by atoms with E-state index in [1.54, 1.807) is 11.1 Å². The number of nitrogens with zero attached hydrogens (tertiary/aromatic N) is 5. The summed E-state index contributed by atoms with van der Waals surface area (Å²) in [6.45, 7) is 4.87. The summed E-state index contributed by atoms with van der Waals surface area (Å²) < 4.78 is 7.09. The molecular formula is C18H18N6O2. The minimum atomic E-state index is -0.183. The number of aryl methyl sites for hydroxylation is 2. The Kier molecular flexibility index (Phi) is 3.84. The van der Waals surface area contributed by atoms with Gasteiger partial charge in [-0.1, -0.05) is 5.16 Å². The third kappa shape index (κ3) is 2.77. The lowest BCUT2D eigenvalue weighted by Crippen LogP contribution is -2.25. The maximum absolute atomic E-state index is 12.4. The van der Waals surface area contributed by atoms with E-state index in [-0.39, 0.29) is 11.8 Å². The normalized spacial score (nSPS) is 16.8. The number of fused-ring (bicyclic) bond motifs is 1. The van der Waals surface area contributed by atoms with Gasteiger partial charge < -0.3 is 19.1 Å². The Morgan fingerprint density at radius 3 is 3.00 bits per heavy atom. The van der Waals surface area contributed by atoms with Crippen molar-refractivity contribution in [2.45, 2.75) is 20.3 Å². The van der Waals surface area contributed by atoms with Crippen molar-refractivity contribution in [2.24, 2.45) is 5.92 Å². The molecule has 1 N–H and O–H groups in total. The van der Waals surface area contributed by atoms with Gasteiger partial charge in [0.1, 0.15) is 11.4 Å². The molecule has 0 spiro atoms. The van der Waals surface area contributed by atoms with Gasteiger partial charge in [-0.3, -0.25) is 4.79 Å². The Hall–Kier alpha value is -3.34. The molecule has 4 heterocycles. The summed E-state index contributed by atoms with van der Waals surface area (Å²) in [5.74, 6) is 0.978. The van der Waals surface area contributed by atoms with Crippen molar-refractivity contribution in [1.29, 1.82) is 5.26 Å². The molecule has 3 aromatic heterocycles. The number of nitrogens with one attached hydrogen (secondary N) is 1. The topological polar surface area (TPSA) is 99.5 Å². The van der Waals surface area contributed by atoms with E-state index < -0.39 is 0 Å². The Morgan fingerprint density at radius 1 is 1.46 bits per heavy atom. The highest BCUT2D eigenvalue weighted by molar-refractivity contribution is 5.92. The van der Waals surface area contributed by atoms with Gasteiger partial charge in [-0.2, -0.15) is 5.26 Å². The third-order valence-electron chi connectivity index (χ3n) is 4.73. The molecule has 0 bridgehead atoms. The first-order valence-electron chi connectivity index (χ1n) is 8.42. The van der Waals surface area contributed by atoms with Crippen LogP contribution in [-0.2, 0) is 4.79 Å². The molecule has 4 rings (SSSR count). The number of carbonyl (C=O) groups is 1. The smallest absolute Gasteiger partial charge is 0.230 e. The van der Waals surface area contributed by atoms with Crippen molar-refractivity contribution in [1.82, 2.24) is 19.4 Å². The van der Waals surface area contributed by atoms with E-state index in [0.29, 0.717) is 25.3 Å². The molecule has 3 aromatic rings. The molecule has 26 heavy (non-hydrogen) atoms. The lowest BCUT2D eigenvalue weighted by atomic mass is 10.1. The maximum atomic E-state index is 12.4. The molecule has 0 aromatic carbocycles. The minimum Gasteiger partial charge on any atom is -0.361 e. The van der Waals surface area contributed by atoms with E-state index in [9.17, 15) is 4.79 Å². The first kappa shape index (κ1) is 16.1. The van der Waals surface area contributed by atoms with Crippen LogP contribution in [0, 0.1) is 31.2 Å². The van der Waals surface area contributed by atoms with E-state index in [1.165, 1.54) is 0 Å². The molecule has 0 radical (unpaired) electrons. The predicted molar refractivity (Wildman–Crippen MR) is 94.1 cm³/mol. The summed E-state index contributed by atoms with van der Waals surface area (Å²) in [5.41, 5.74) is 3.49. The zero-order chi connectivity index (χ0) is 18.3. The summed E-state index contributed by atoms with van der Waals surface area (Å²) in [6, 6.07) is 3.91. The molecule has 1 unspecified atom stereocenters. The molecular weight excluding hydrogens is 332 g/mol. The van der Waals surface area contributed by atoms with Gasteiger partial charge >= 0.3 is 0 Å². The third-order valence-corrected chi connectivity index (χ3v) is 4.73. The number of pyridine rings is 1. The Balaban J connectivity index is 1.57. The molecule has 8 nitrogen and oxygen atoms in total. The number of imidazole rings is 1. The second-order valence-electron chi connectivity index (χ2n) is 6.53. The van der Waals surface area contributed by atoms with E-state index in [0.717, 1.165) is 28.2 Å². The largest absolute Gasteiger partial charge is 0.361 e. The molecule has 132 valence electrons. The summed E-state index contributed by atoms with van der Waals surface area (Å²) in [6.07, 6.45) is 6.44. The van der Waals surface area contributed by atoms with Gasteiger partial charge in [0.25, 0.3) is 0 Å². The highest BCUT2D eigenvalue weighted by atomic mass is 16.5. The molecule has 1 fully saturated rings. The number of amides is 1. The first-order chi connectivity index (χ1) is 12.5. The fourth-order valence-electron chi connectivity index (χ4n) is 3.39. The number of nitriles is 1. The monoisotopic (exact) mass is 350 g/mol. The molecule has 1 amide bonds. The van der Waals surface area contributed by atoms with Crippen molar-refractivity contribution >= 4 is 17.4 Å². The Bertz CT molecular complexity index is 1010. The predicted octanol–water partition coefficient (Wildman–Crippen LogP) is 2.35. The van der Waals surface area contributed by atoms with Crippen LogP contribution in [0.3, 0.4) is 0 Å². The number of hydrogen-bond donors (Lipinski definition) is 1. The summed E-state index contributed by atoms with van der Waals surface area (Å²) in [5, 5.41) is 15.8. The first-order valence-corrected chi connectivity index (χ1v) is 8.42. The van der Waals surface area contributed by atoms with Crippen LogP contribution in [0.1, 0.15) is 17.9 Å². The highest BCUT2D eigenvalue weighted by Crippen LogP contribution is 2.28. The van der Waals surface area contributed by atoms with Crippen molar-refractivity contribution in [3.63, 3.8) is 0 Å². The minimum absolute atomic E-state index is 0.0999. The quantitative estimate of drug-likeness (QED) is 0.728. The summed E-state index contributed by atoms with van der Waals surface area (Å²) in [4.78, 5) is 18.5. The van der Waals surface area contributed by atoms with Crippen LogP contribution >= 0.6 is 0 Å². The van der Waals surface area contributed by atoms with Crippen LogP contribution in [-0.4, -0.2) is 38.4 Å². The van der Waals surface area contributed by atoms with E-state index in [1.807, 2.05) is 36.6 Å². The second kappa shape index (κ2) is 6.19. The lowest BCUT2D eigenvalue weighted by Gasteiger charge is -2.08. The molecule has 0 saturated carbocycles. The van der Waals surface area contributed by atoms with Crippen LogP contribution in [0.5, 0.6) is 0 Å². The second-order valence-corrected chi connectivity index (χ2v) is 6.53.